The highest BCUT2D eigenvalue weighted by Crippen LogP contribution is 2.50. The standard InChI is InChI=1S/C52H40.C40H32.C36H24/c1-52(2,3)42-31-29-37(30-32-42)49-45-19-10-12-21-47(45)51(48-22-13-11-20-46(48)49)41-28-26-38-33-40(27-25-39(38)34-41)50-43(35-15-6-4-7-16-35)23-14-24-44(50)36-17-8-5-9-18-36;1-40(2,3)33-23-21-27(22-24-33)30-19-17-28-18-20-31(26-32(28)25-30)39-36-15-9-7-13-34(36)38(29-11-5-4-6-12-29)35-14-8-10-16-37(35)39;1-3-11-25(12-4-1)28-21-19-26-20-22-29(24-30(26)23-28)36-33-17-9-7-15-31(33)35(27-13-5-2-6-14-27)32-16-8-10-18-34(32)36/h4-34H,1-3H3;4-26H,1-3H3;1-24H. The van der Waals surface area contributed by atoms with Gasteiger partial charge in [-0.05, 0) is 278 Å². The van der Waals surface area contributed by atoms with Crippen molar-refractivity contribution < 1.29 is 0 Å². The van der Waals surface area contributed by atoms with Gasteiger partial charge in [0.15, 0.2) is 0 Å². The first-order valence-electron chi connectivity index (χ1n) is 44.8. The molecule has 0 atom stereocenters. The molecule has 0 aromatic heterocycles. The van der Waals surface area contributed by atoms with Crippen molar-refractivity contribution in [2.75, 3.05) is 0 Å². The van der Waals surface area contributed by atoms with E-state index in [4.69, 9.17) is 0 Å². The summed E-state index contributed by atoms with van der Waals surface area (Å²) in [5.74, 6) is 0. The first kappa shape index (κ1) is 79.6. The lowest BCUT2D eigenvalue weighted by Gasteiger charge is -2.21. The molecule has 0 aliphatic rings. The Balaban J connectivity index is 0.000000119. The second kappa shape index (κ2) is 33.8. The average Bonchev–Trinajstić information content (AvgIpc) is 0.738. The summed E-state index contributed by atoms with van der Waals surface area (Å²) < 4.78 is 0. The summed E-state index contributed by atoms with van der Waals surface area (Å²) in [6.45, 7) is 13.6. The van der Waals surface area contributed by atoms with Gasteiger partial charge in [-0.3, -0.25) is 0 Å². The van der Waals surface area contributed by atoms with E-state index in [0.29, 0.717) is 0 Å². The molecule has 0 N–H and O–H groups in total. The fraction of sp³-hybridized carbons (Fsp3) is 0.0625. The zero-order valence-electron chi connectivity index (χ0n) is 73.0. The summed E-state index contributed by atoms with van der Waals surface area (Å²) in [6, 6.07) is 173. The maximum absolute atomic E-state index is 2.38. The van der Waals surface area contributed by atoms with E-state index in [2.05, 4.69) is 515 Å². The second-order valence-electron chi connectivity index (χ2n) is 36.1. The van der Waals surface area contributed by atoms with Crippen LogP contribution in [0, 0.1) is 0 Å². The van der Waals surface area contributed by atoms with Gasteiger partial charge in [0.1, 0.15) is 0 Å². The van der Waals surface area contributed by atoms with E-state index >= 15 is 0 Å². The average molecular weight is 1630 g/mol. The van der Waals surface area contributed by atoms with E-state index in [1.807, 2.05) is 0 Å². The van der Waals surface area contributed by atoms with Crippen LogP contribution >= 0.6 is 0 Å². The van der Waals surface area contributed by atoms with Crippen molar-refractivity contribution in [3.63, 3.8) is 0 Å². The Kier molecular flexibility index (Phi) is 21.0. The molecular formula is C128H96. The SMILES string of the molecule is CC(C)(C)c1ccc(-c2c3ccccc3c(-c3ccc4cc(-c5c(-c6ccccc6)cccc5-c5ccccc5)ccc4c3)c3ccccc23)cc1.CC(C)(C)c1ccc(-c2ccc3ccc(-c4c5ccccc5c(-c5ccccc5)c5ccccc45)cc3c2)cc1.c1ccc(-c2ccc3ccc(-c4c5ccccc5c(-c5ccccc5)c5ccccc45)cc3c2)cc1. The van der Waals surface area contributed by atoms with Gasteiger partial charge in [0.2, 0.25) is 0 Å². The van der Waals surface area contributed by atoms with Crippen LogP contribution in [0.1, 0.15) is 52.7 Å². The molecule has 0 saturated heterocycles. The lowest BCUT2D eigenvalue weighted by Crippen LogP contribution is -2.10. The Morgan fingerprint density at radius 2 is 0.305 bits per heavy atom. The Bertz CT molecular complexity index is 7880. The smallest absolute Gasteiger partial charge is 0.00262 e. The molecule has 0 amide bonds. The molecule has 0 bridgehead atoms. The van der Waals surface area contributed by atoms with E-state index in [0.717, 1.165) is 0 Å². The summed E-state index contributed by atoms with van der Waals surface area (Å²) in [5, 5.41) is 22.9. The fourth-order valence-corrected chi connectivity index (χ4v) is 19.7. The van der Waals surface area contributed by atoms with Crippen molar-refractivity contribution in [2.45, 2.75) is 52.4 Å². The van der Waals surface area contributed by atoms with Crippen molar-refractivity contribution in [2.24, 2.45) is 0 Å². The number of hydrogen-bond donors (Lipinski definition) is 0. The first-order valence-corrected chi connectivity index (χ1v) is 44.8. The highest BCUT2D eigenvalue weighted by Gasteiger charge is 2.24. The summed E-state index contributed by atoms with van der Waals surface area (Å²) in [7, 11) is 0. The minimum Gasteiger partial charge on any atom is -0.0622 e. The van der Waals surface area contributed by atoms with Crippen LogP contribution in [0.3, 0.4) is 0 Å². The molecule has 0 fully saturated rings. The molecule has 23 rings (SSSR count). The van der Waals surface area contributed by atoms with Crippen LogP contribution in [0.5, 0.6) is 0 Å². The Hall–Kier alpha value is -15.6. The van der Waals surface area contributed by atoms with Gasteiger partial charge in [-0.2, -0.15) is 0 Å². The van der Waals surface area contributed by atoms with Crippen LogP contribution < -0.4 is 0 Å². The third kappa shape index (κ3) is 15.2. The van der Waals surface area contributed by atoms with Gasteiger partial charge in [-0.1, -0.05) is 478 Å². The molecule has 608 valence electrons. The molecule has 0 saturated carbocycles. The summed E-state index contributed by atoms with van der Waals surface area (Å²) >= 11 is 0. The molecule has 0 heterocycles. The van der Waals surface area contributed by atoms with Crippen molar-refractivity contribution in [3.8, 4) is 122 Å². The zero-order valence-corrected chi connectivity index (χ0v) is 73.0. The minimum atomic E-state index is 0.110. The van der Waals surface area contributed by atoms with Gasteiger partial charge in [-0.25, -0.2) is 0 Å². The van der Waals surface area contributed by atoms with Crippen LogP contribution in [0.15, 0.2) is 473 Å². The lowest BCUT2D eigenvalue weighted by atomic mass is 9.83. The molecule has 0 spiro atoms. The van der Waals surface area contributed by atoms with E-state index in [-0.39, 0.29) is 10.8 Å². The first-order chi connectivity index (χ1) is 62.8. The molecule has 23 aromatic rings. The molecule has 0 unspecified atom stereocenters. The zero-order chi connectivity index (χ0) is 86.4. The lowest BCUT2D eigenvalue weighted by molar-refractivity contribution is 0.590. The molecule has 0 heteroatoms. The summed E-state index contributed by atoms with van der Waals surface area (Å²) in [5.41, 5.74) is 30.6. The number of benzene rings is 23. The number of fused-ring (bicyclic) bond motifs is 9. The predicted octanol–water partition coefficient (Wildman–Crippen LogP) is 36.4. The van der Waals surface area contributed by atoms with Gasteiger partial charge in [0.05, 0.1) is 0 Å². The van der Waals surface area contributed by atoms with Crippen LogP contribution in [-0.2, 0) is 10.8 Å². The van der Waals surface area contributed by atoms with Crippen molar-refractivity contribution in [1.29, 1.82) is 0 Å². The number of rotatable bonds is 11. The monoisotopic (exact) mass is 1630 g/mol. The summed E-state index contributed by atoms with van der Waals surface area (Å²) in [6.07, 6.45) is 0. The Labute approximate surface area is 750 Å². The molecule has 0 nitrogen and oxygen atoms in total. The van der Waals surface area contributed by atoms with Crippen molar-refractivity contribution >= 4 is 97.0 Å². The highest BCUT2D eigenvalue weighted by atomic mass is 14.3. The van der Waals surface area contributed by atoms with E-state index in [9.17, 15) is 0 Å². The largest absolute Gasteiger partial charge is 0.0622 e. The van der Waals surface area contributed by atoms with Crippen LogP contribution in [-0.4, -0.2) is 0 Å². The normalized spacial score (nSPS) is 11.7. The van der Waals surface area contributed by atoms with Crippen LogP contribution in [0.4, 0.5) is 0 Å². The van der Waals surface area contributed by atoms with Crippen LogP contribution in [0.2, 0.25) is 0 Å². The van der Waals surface area contributed by atoms with Crippen LogP contribution in [0.25, 0.3) is 219 Å². The second-order valence-corrected chi connectivity index (χ2v) is 36.1. The predicted molar refractivity (Wildman–Crippen MR) is 554 cm³/mol. The fourth-order valence-electron chi connectivity index (χ4n) is 19.7. The quantitative estimate of drug-likeness (QED) is 0.113. The van der Waals surface area contributed by atoms with E-state index < -0.39 is 0 Å². The van der Waals surface area contributed by atoms with Gasteiger partial charge in [-0.15, -0.1) is 0 Å². The van der Waals surface area contributed by atoms with Crippen molar-refractivity contribution in [1.82, 2.24) is 0 Å². The number of hydrogen-bond acceptors (Lipinski definition) is 0. The highest BCUT2D eigenvalue weighted by molar-refractivity contribution is 6.25. The van der Waals surface area contributed by atoms with Gasteiger partial charge < -0.3 is 0 Å². The molecule has 0 aliphatic carbocycles. The molecule has 0 radical (unpaired) electrons. The third-order valence-corrected chi connectivity index (χ3v) is 26.1. The van der Waals surface area contributed by atoms with Gasteiger partial charge in [0.25, 0.3) is 0 Å². The van der Waals surface area contributed by atoms with E-state index in [1.54, 1.807) is 0 Å². The van der Waals surface area contributed by atoms with Crippen molar-refractivity contribution in [3.05, 3.63) is 484 Å². The molecule has 128 heavy (non-hydrogen) atoms. The maximum Gasteiger partial charge on any atom is -0.00262 e. The van der Waals surface area contributed by atoms with Gasteiger partial charge in [0, 0.05) is 0 Å². The summed E-state index contributed by atoms with van der Waals surface area (Å²) in [4.78, 5) is 0. The Morgan fingerprint density at radius 3 is 0.586 bits per heavy atom. The minimum absolute atomic E-state index is 0.110. The Morgan fingerprint density at radius 1 is 0.117 bits per heavy atom. The maximum atomic E-state index is 2.38. The molecule has 0 aliphatic heterocycles. The third-order valence-electron chi connectivity index (χ3n) is 26.1. The molecule has 23 aromatic carbocycles. The molecular weight excluding hydrogens is 1540 g/mol. The topological polar surface area (TPSA) is 0 Å². The van der Waals surface area contributed by atoms with E-state index in [1.165, 1.54) is 230 Å². The van der Waals surface area contributed by atoms with Gasteiger partial charge >= 0.3 is 0 Å².